The number of nitrogens with zero attached hydrogens (tertiary/aromatic N) is 1. The Balaban J connectivity index is 1.28. The second kappa shape index (κ2) is 10.8. The lowest BCUT2D eigenvalue weighted by Gasteiger charge is -2.32. The Morgan fingerprint density at radius 3 is 2.47 bits per heavy atom. The van der Waals surface area contributed by atoms with E-state index >= 15 is 0 Å². The molecule has 1 aliphatic rings. The van der Waals surface area contributed by atoms with Gasteiger partial charge in [0.25, 0.3) is 0 Å². The van der Waals surface area contributed by atoms with E-state index in [1.54, 1.807) is 0 Å². The fourth-order valence-electron chi connectivity index (χ4n) is 4.36. The molecule has 34 heavy (non-hydrogen) atoms. The number of H-pyrrole nitrogens is 1. The molecule has 6 N–H and O–H groups in total. The van der Waals surface area contributed by atoms with Crippen molar-refractivity contribution in [2.75, 3.05) is 25.0 Å². The lowest BCUT2D eigenvalue weighted by Crippen LogP contribution is -2.54. The van der Waals surface area contributed by atoms with Gasteiger partial charge in [-0.1, -0.05) is 36.4 Å². The molecule has 1 aliphatic heterocycles. The van der Waals surface area contributed by atoms with E-state index in [1.165, 1.54) is 0 Å². The number of hydrogen-bond donors (Lipinski definition) is 5. The predicted octanol–water partition coefficient (Wildman–Crippen LogP) is 1.97. The third kappa shape index (κ3) is 6.14. The van der Waals surface area contributed by atoms with Gasteiger partial charge < -0.3 is 26.7 Å². The molecule has 0 radical (unpaired) electrons. The zero-order chi connectivity index (χ0) is 23.9. The Hall–Kier alpha value is -3.85. The summed E-state index contributed by atoms with van der Waals surface area (Å²) >= 11 is 0. The van der Waals surface area contributed by atoms with Crippen molar-refractivity contribution in [3.63, 3.8) is 0 Å². The van der Waals surface area contributed by atoms with Crippen molar-refractivity contribution in [1.82, 2.24) is 20.5 Å². The number of piperidine rings is 1. The number of aromatic amines is 1. The number of hydrogen-bond acceptors (Lipinski definition) is 4. The molecule has 3 aromatic rings. The number of amides is 4. The van der Waals surface area contributed by atoms with Crippen LogP contribution in [0.4, 0.5) is 10.5 Å². The first kappa shape index (κ1) is 23.3. The Morgan fingerprint density at radius 2 is 1.74 bits per heavy atom. The van der Waals surface area contributed by atoms with Gasteiger partial charge in [-0.2, -0.15) is 0 Å². The first-order valence-corrected chi connectivity index (χ1v) is 11.5. The van der Waals surface area contributed by atoms with Gasteiger partial charge in [-0.25, -0.2) is 4.79 Å². The van der Waals surface area contributed by atoms with Gasteiger partial charge in [0.1, 0.15) is 6.04 Å². The van der Waals surface area contributed by atoms with Gasteiger partial charge in [-0.05, 0) is 36.6 Å². The molecule has 1 atom stereocenters. The summed E-state index contributed by atoms with van der Waals surface area (Å²) in [5, 5.41) is 9.53. The van der Waals surface area contributed by atoms with Crippen molar-refractivity contribution >= 4 is 34.4 Å². The summed E-state index contributed by atoms with van der Waals surface area (Å²) in [4.78, 5) is 42.1. The topological polar surface area (TPSA) is 132 Å². The fraction of sp³-hybridized carbons (Fsp3) is 0.320. The van der Waals surface area contributed by atoms with E-state index in [0.29, 0.717) is 26.1 Å². The maximum atomic E-state index is 13.0. The van der Waals surface area contributed by atoms with Crippen LogP contribution in [0.2, 0.25) is 0 Å². The standard InChI is InChI=1S/C25H30N6O3/c26-25(34)30-22(14-17-15-27-21-9-5-4-8-20(17)21)24(33)29-19-10-12-31(13-11-19)16-23(32)28-18-6-2-1-3-7-18/h1-9,15,19,22,27H,10-14,16H2,(H,28,32)(H,29,33)(H3,26,30,34). The Morgan fingerprint density at radius 1 is 1.03 bits per heavy atom. The summed E-state index contributed by atoms with van der Waals surface area (Å²) in [7, 11) is 0. The predicted molar refractivity (Wildman–Crippen MR) is 131 cm³/mol. The van der Waals surface area contributed by atoms with E-state index in [-0.39, 0.29) is 17.9 Å². The average Bonchev–Trinajstić information content (AvgIpc) is 3.23. The quantitative estimate of drug-likeness (QED) is 0.350. The summed E-state index contributed by atoms with van der Waals surface area (Å²) in [6, 6.07) is 15.6. The fourth-order valence-corrected chi connectivity index (χ4v) is 4.36. The highest BCUT2D eigenvalue weighted by Crippen LogP contribution is 2.19. The molecule has 1 aromatic heterocycles. The Kier molecular flexibility index (Phi) is 7.44. The van der Waals surface area contributed by atoms with Crippen molar-refractivity contribution in [3.05, 3.63) is 66.4 Å². The number of rotatable bonds is 8. The minimum atomic E-state index is -0.772. The number of carbonyl (C=O) groups excluding carboxylic acids is 3. The molecule has 1 fully saturated rings. The molecule has 4 rings (SSSR count). The highest BCUT2D eigenvalue weighted by molar-refractivity contribution is 5.92. The summed E-state index contributed by atoms with van der Waals surface area (Å²) in [5.74, 6) is -0.317. The monoisotopic (exact) mass is 462 g/mol. The highest BCUT2D eigenvalue weighted by atomic mass is 16.2. The minimum absolute atomic E-state index is 0.0268. The molecule has 1 unspecified atom stereocenters. The lowest BCUT2D eigenvalue weighted by atomic mass is 10.0. The molecule has 2 heterocycles. The lowest BCUT2D eigenvalue weighted by molar-refractivity contribution is -0.124. The van der Waals surface area contributed by atoms with E-state index in [1.807, 2.05) is 60.8 Å². The summed E-state index contributed by atoms with van der Waals surface area (Å²) in [5.41, 5.74) is 8.02. The molecule has 9 nitrogen and oxygen atoms in total. The number of nitrogens with two attached hydrogens (primary N) is 1. The molecule has 0 saturated carbocycles. The van der Waals surface area contributed by atoms with Crippen molar-refractivity contribution in [2.24, 2.45) is 5.73 Å². The van der Waals surface area contributed by atoms with Gasteiger partial charge in [-0.15, -0.1) is 0 Å². The SMILES string of the molecule is NC(=O)NC(Cc1c[nH]c2ccccc12)C(=O)NC1CCN(CC(=O)Nc2ccccc2)CC1. The molecular formula is C25H30N6O3. The normalized spacial score (nSPS) is 15.5. The molecule has 0 aliphatic carbocycles. The van der Waals surface area contributed by atoms with E-state index in [2.05, 4.69) is 25.8 Å². The summed E-state index contributed by atoms with van der Waals surface area (Å²) in [6.07, 6.45) is 3.63. The van der Waals surface area contributed by atoms with Crippen LogP contribution >= 0.6 is 0 Å². The van der Waals surface area contributed by atoms with Gasteiger partial charge in [0, 0.05) is 48.3 Å². The first-order chi connectivity index (χ1) is 16.5. The third-order valence-corrected chi connectivity index (χ3v) is 6.09. The third-order valence-electron chi connectivity index (χ3n) is 6.09. The van der Waals surface area contributed by atoms with Crippen molar-refractivity contribution in [2.45, 2.75) is 31.3 Å². The maximum Gasteiger partial charge on any atom is 0.312 e. The highest BCUT2D eigenvalue weighted by Gasteiger charge is 2.27. The molecular weight excluding hydrogens is 432 g/mol. The molecule has 4 amide bonds. The number of para-hydroxylation sites is 2. The number of anilines is 1. The molecule has 1 saturated heterocycles. The van der Waals surface area contributed by atoms with Crippen LogP contribution in [0.15, 0.2) is 60.8 Å². The zero-order valence-electron chi connectivity index (χ0n) is 18.9. The van der Waals surface area contributed by atoms with Gasteiger partial charge in [0.05, 0.1) is 6.54 Å². The van der Waals surface area contributed by atoms with Gasteiger partial charge >= 0.3 is 6.03 Å². The minimum Gasteiger partial charge on any atom is -0.361 e. The van der Waals surface area contributed by atoms with Crippen LogP contribution in [0.3, 0.4) is 0 Å². The van der Waals surface area contributed by atoms with Gasteiger partial charge in [0.15, 0.2) is 0 Å². The maximum absolute atomic E-state index is 13.0. The molecule has 9 heteroatoms. The van der Waals surface area contributed by atoms with Crippen molar-refractivity contribution in [1.29, 1.82) is 0 Å². The number of fused-ring (bicyclic) bond motifs is 1. The first-order valence-electron chi connectivity index (χ1n) is 11.5. The van der Waals surface area contributed by atoms with Crippen molar-refractivity contribution in [3.8, 4) is 0 Å². The summed E-state index contributed by atoms with van der Waals surface area (Å²) in [6.45, 7) is 1.70. The van der Waals surface area contributed by atoms with Crippen LogP contribution < -0.4 is 21.7 Å². The second-order valence-electron chi connectivity index (χ2n) is 8.60. The van der Waals surface area contributed by atoms with Crippen LogP contribution in [0, 0.1) is 0 Å². The number of primary amides is 1. The Bertz CT molecular complexity index is 1140. The number of nitrogens with one attached hydrogen (secondary N) is 4. The number of benzene rings is 2. The molecule has 0 spiro atoms. The van der Waals surface area contributed by atoms with Gasteiger partial charge in [0.2, 0.25) is 11.8 Å². The van der Waals surface area contributed by atoms with Crippen molar-refractivity contribution < 1.29 is 14.4 Å². The van der Waals surface area contributed by atoms with Crippen LogP contribution in [0.25, 0.3) is 10.9 Å². The van der Waals surface area contributed by atoms with E-state index in [9.17, 15) is 14.4 Å². The second-order valence-corrected chi connectivity index (χ2v) is 8.60. The number of urea groups is 1. The largest absolute Gasteiger partial charge is 0.361 e. The summed E-state index contributed by atoms with van der Waals surface area (Å²) < 4.78 is 0. The van der Waals surface area contributed by atoms with Crippen LogP contribution in [0.1, 0.15) is 18.4 Å². The molecule has 2 aromatic carbocycles. The smallest absolute Gasteiger partial charge is 0.312 e. The van der Waals surface area contributed by atoms with Crippen LogP contribution in [-0.4, -0.2) is 59.4 Å². The van der Waals surface area contributed by atoms with Crippen LogP contribution in [0.5, 0.6) is 0 Å². The molecule has 0 bridgehead atoms. The zero-order valence-corrected chi connectivity index (χ0v) is 18.9. The average molecular weight is 463 g/mol. The van der Waals surface area contributed by atoms with E-state index in [0.717, 1.165) is 35.0 Å². The van der Waals surface area contributed by atoms with Gasteiger partial charge in [-0.3, -0.25) is 14.5 Å². The van der Waals surface area contributed by atoms with E-state index < -0.39 is 12.1 Å². The Labute approximate surface area is 198 Å². The molecule has 178 valence electrons. The number of likely N-dealkylation sites (tertiary alicyclic amines) is 1. The number of carbonyl (C=O) groups is 3. The van der Waals surface area contributed by atoms with E-state index in [4.69, 9.17) is 5.73 Å². The van der Waals surface area contributed by atoms with Crippen LogP contribution in [-0.2, 0) is 16.0 Å². The number of aromatic nitrogens is 1.